The molecule has 0 saturated carbocycles. The molecule has 1 aliphatic heterocycles. The van der Waals surface area contributed by atoms with Gasteiger partial charge in [-0.15, -0.1) is 0 Å². The predicted octanol–water partition coefficient (Wildman–Crippen LogP) is 4.94. The quantitative estimate of drug-likeness (QED) is 0.651. The SMILES string of the molecule is N#Cc1ccccc1-c1ccc(CN2CCO[C@H](c3ccc(F)cc3)C2)cc1. The van der Waals surface area contributed by atoms with Crippen LogP contribution in [0.1, 0.15) is 22.8 Å². The molecule has 0 unspecified atom stereocenters. The van der Waals surface area contributed by atoms with Crippen LogP contribution in [0.15, 0.2) is 72.8 Å². The molecule has 0 N–H and O–H groups in total. The summed E-state index contributed by atoms with van der Waals surface area (Å²) in [6.07, 6.45) is -0.0314. The normalized spacial score (nSPS) is 17.2. The molecule has 0 radical (unpaired) electrons. The summed E-state index contributed by atoms with van der Waals surface area (Å²) in [6.45, 7) is 3.15. The van der Waals surface area contributed by atoms with Crippen molar-refractivity contribution in [1.29, 1.82) is 5.26 Å². The zero-order valence-corrected chi connectivity index (χ0v) is 15.5. The number of hydrogen-bond donors (Lipinski definition) is 0. The van der Waals surface area contributed by atoms with Crippen molar-refractivity contribution in [2.45, 2.75) is 12.6 Å². The van der Waals surface area contributed by atoms with E-state index in [0.717, 1.165) is 36.3 Å². The van der Waals surface area contributed by atoms with Gasteiger partial charge in [0, 0.05) is 19.6 Å². The summed E-state index contributed by atoms with van der Waals surface area (Å²) in [7, 11) is 0. The Morgan fingerprint density at radius 2 is 1.75 bits per heavy atom. The summed E-state index contributed by atoms with van der Waals surface area (Å²) >= 11 is 0. The van der Waals surface area contributed by atoms with E-state index in [2.05, 4.69) is 35.2 Å². The molecule has 0 aliphatic carbocycles. The van der Waals surface area contributed by atoms with Gasteiger partial charge in [0.05, 0.1) is 24.3 Å². The fourth-order valence-electron chi connectivity index (χ4n) is 3.61. The first-order chi connectivity index (χ1) is 13.7. The second-order valence-electron chi connectivity index (χ2n) is 7.00. The van der Waals surface area contributed by atoms with E-state index in [-0.39, 0.29) is 11.9 Å². The molecule has 0 amide bonds. The molecule has 3 aromatic rings. The smallest absolute Gasteiger partial charge is 0.123 e. The standard InChI is InChI=1S/C24H21FN2O/c25-22-11-9-20(10-12-22)24-17-27(13-14-28-24)16-18-5-7-19(8-6-18)23-4-2-1-3-21(23)15-26/h1-12,24H,13-14,16-17H2/t24-/m0/s1. The molecule has 28 heavy (non-hydrogen) atoms. The lowest BCUT2D eigenvalue weighted by Gasteiger charge is -2.33. The van der Waals surface area contributed by atoms with Crippen LogP contribution in [-0.4, -0.2) is 24.6 Å². The summed E-state index contributed by atoms with van der Waals surface area (Å²) in [5.74, 6) is -0.227. The zero-order chi connectivity index (χ0) is 19.3. The highest BCUT2D eigenvalue weighted by Crippen LogP contribution is 2.26. The third-order valence-electron chi connectivity index (χ3n) is 5.11. The molecule has 140 valence electrons. The first-order valence-corrected chi connectivity index (χ1v) is 9.41. The molecule has 3 nitrogen and oxygen atoms in total. The summed E-state index contributed by atoms with van der Waals surface area (Å²) in [4.78, 5) is 2.36. The third kappa shape index (κ3) is 4.12. The Morgan fingerprint density at radius 1 is 1.00 bits per heavy atom. The van der Waals surface area contributed by atoms with Crippen LogP contribution in [0.4, 0.5) is 4.39 Å². The lowest BCUT2D eigenvalue weighted by molar-refractivity contribution is -0.0329. The summed E-state index contributed by atoms with van der Waals surface area (Å²) in [5.41, 5.74) is 4.92. The van der Waals surface area contributed by atoms with E-state index in [4.69, 9.17) is 4.74 Å². The lowest BCUT2D eigenvalue weighted by atomic mass is 9.99. The van der Waals surface area contributed by atoms with Crippen molar-refractivity contribution in [3.05, 3.63) is 95.3 Å². The second kappa shape index (κ2) is 8.35. The molecule has 1 fully saturated rings. The number of morpholine rings is 1. The van der Waals surface area contributed by atoms with E-state index in [0.29, 0.717) is 12.2 Å². The van der Waals surface area contributed by atoms with Crippen molar-refractivity contribution in [2.75, 3.05) is 19.7 Å². The summed E-state index contributed by atoms with van der Waals surface area (Å²) in [6, 6.07) is 24.8. The molecule has 0 bridgehead atoms. The average Bonchev–Trinajstić information content (AvgIpc) is 2.75. The Balaban J connectivity index is 1.44. The van der Waals surface area contributed by atoms with Crippen LogP contribution >= 0.6 is 0 Å². The average molecular weight is 372 g/mol. The molecule has 1 atom stereocenters. The first-order valence-electron chi connectivity index (χ1n) is 9.41. The molecule has 1 heterocycles. The van der Waals surface area contributed by atoms with Gasteiger partial charge >= 0.3 is 0 Å². The Kier molecular flexibility index (Phi) is 5.48. The predicted molar refractivity (Wildman–Crippen MR) is 107 cm³/mol. The fraction of sp³-hybridized carbons (Fsp3) is 0.208. The largest absolute Gasteiger partial charge is 0.371 e. The highest BCUT2D eigenvalue weighted by atomic mass is 19.1. The molecular formula is C24H21FN2O. The van der Waals surface area contributed by atoms with E-state index < -0.39 is 0 Å². The number of rotatable bonds is 4. The van der Waals surface area contributed by atoms with E-state index in [1.807, 2.05) is 24.3 Å². The molecular weight excluding hydrogens is 351 g/mol. The monoisotopic (exact) mass is 372 g/mol. The number of nitriles is 1. The number of nitrogens with zero attached hydrogens (tertiary/aromatic N) is 2. The first kappa shape index (κ1) is 18.4. The van der Waals surface area contributed by atoms with Gasteiger partial charge in [-0.1, -0.05) is 54.6 Å². The van der Waals surface area contributed by atoms with Gasteiger partial charge in [0.15, 0.2) is 0 Å². The minimum Gasteiger partial charge on any atom is -0.371 e. The molecule has 4 heteroatoms. The maximum Gasteiger partial charge on any atom is 0.123 e. The highest BCUT2D eigenvalue weighted by Gasteiger charge is 2.22. The fourth-order valence-corrected chi connectivity index (χ4v) is 3.61. The van der Waals surface area contributed by atoms with Gasteiger partial charge in [-0.05, 0) is 40.5 Å². The maximum absolute atomic E-state index is 13.2. The Labute approximate surface area is 164 Å². The lowest BCUT2D eigenvalue weighted by Crippen LogP contribution is -2.37. The molecule has 1 saturated heterocycles. The van der Waals surface area contributed by atoms with Crippen molar-refractivity contribution < 1.29 is 9.13 Å². The third-order valence-corrected chi connectivity index (χ3v) is 5.11. The van der Waals surface area contributed by atoms with Crippen LogP contribution in [-0.2, 0) is 11.3 Å². The van der Waals surface area contributed by atoms with Crippen LogP contribution in [0.5, 0.6) is 0 Å². The van der Waals surface area contributed by atoms with Crippen LogP contribution in [0.3, 0.4) is 0 Å². The van der Waals surface area contributed by atoms with Crippen molar-refractivity contribution >= 4 is 0 Å². The topological polar surface area (TPSA) is 36.3 Å². The van der Waals surface area contributed by atoms with Gasteiger partial charge in [-0.3, -0.25) is 4.90 Å². The van der Waals surface area contributed by atoms with Crippen LogP contribution < -0.4 is 0 Å². The van der Waals surface area contributed by atoms with Gasteiger partial charge in [0.25, 0.3) is 0 Å². The van der Waals surface area contributed by atoms with Gasteiger partial charge in [-0.2, -0.15) is 5.26 Å². The minimum atomic E-state index is -0.227. The Morgan fingerprint density at radius 3 is 2.50 bits per heavy atom. The number of hydrogen-bond acceptors (Lipinski definition) is 3. The maximum atomic E-state index is 13.2. The number of halogens is 1. The van der Waals surface area contributed by atoms with Crippen LogP contribution in [0.25, 0.3) is 11.1 Å². The van der Waals surface area contributed by atoms with Gasteiger partial charge < -0.3 is 4.74 Å². The van der Waals surface area contributed by atoms with E-state index >= 15 is 0 Å². The molecule has 3 aromatic carbocycles. The van der Waals surface area contributed by atoms with E-state index in [1.165, 1.54) is 17.7 Å². The van der Waals surface area contributed by atoms with E-state index in [9.17, 15) is 9.65 Å². The van der Waals surface area contributed by atoms with Crippen molar-refractivity contribution in [1.82, 2.24) is 4.90 Å². The van der Waals surface area contributed by atoms with E-state index in [1.54, 1.807) is 12.1 Å². The zero-order valence-electron chi connectivity index (χ0n) is 15.5. The highest BCUT2D eigenvalue weighted by molar-refractivity contribution is 5.70. The number of ether oxygens (including phenoxy) is 1. The summed E-state index contributed by atoms with van der Waals surface area (Å²) in [5, 5.41) is 9.30. The van der Waals surface area contributed by atoms with Gasteiger partial charge in [0.1, 0.15) is 5.82 Å². The molecule has 0 spiro atoms. The molecule has 1 aliphatic rings. The van der Waals surface area contributed by atoms with Crippen LogP contribution in [0.2, 0.25) is 0 Å². The van der Waals surface area contributed by atoms with Crippen LogP contribution in [0, 0.1) is 17.1 Å². The summed E-state index contributed by atoms with van der Waals surface area (Å²) < 4.78 is 19.0. The Hall–Kier alpha value is -3.00. The van der Waals surface area contributed by atoms with Gasteiger partial charge in [-0.25, -0.2) is 4.39 Å². The van der Waals surface area contributed by atoms with Crippen molar-refractivity contribution in [2.24, 2.45) is 0 Å². The minimum absolute atomic E-state index is 0.0314. The van der Waals surface area contributed by atoms with Crippen molar-refractivity contribution in [3.8, 4) is 17.2 Å². The number of benzene rings is 3. The second-order valence-corrected chi connectivity index (χ2v) is 7.00. The molecule has 0 aromatic heterocycles. The van der Waals surface area contributed by atoms with Gasteiger partial charge in [0.2, 0.25) is 0 Å². The Bertz CT molecular complexity index is 977. The molecule has 4 rings (SSSR count). The van der Waals surface area contributed by atoms with Crippen molar-refractivity contribution in [3.63, 3.8) is 0 Å².